The van der Waals surface area contributed by atoms with Gasteiger partial charge in [-0.3, -0.25) is 4.98 Å². The van der Waals surface area contributed by atoms with E-state index in [-0.39, 0.29) is 0 Å². The van der Waals surface area contributed by atoms with E-state index in [0.29, 0.717) is 6.54 Å². The highest BCUT2D eigenvalue weighted by Gasteiger charge is 1.93. The van der Waals surface area contributed by atoms with Gasteiger partial charge in [0.25, 0.3) is 0 Å². The van der Waals surface area contributed by atoms with Crippen LogP contribution < -0.4 is 5.32 Å². The molecule has 4 heteroatoms. The zero-order chi connectivity index (χ0) is 9.64. The molecule has 0 aromatic carbocycles. The fourth-order valence-corrected chi connectivity index (χ4v) is 1.07. The van der Waals surface area contributed by atoms with Gasteiger partial charge in [0, 0.05) is 24.8 Å². The molecule has 2 aromatic heterocycles. The van der Waals surface area contributed by atoms with E-state index in [4.69, 9.17) is 0 Å². The van der Waals surface area contributed by atoms with Crippen LogP contribution in [0.1, 0.15) is 5.82 Å². The normalized spacial score (nSPS) is 9.71. The van der Waals surface area contributed by atoms with Crippen LogP contribution in [0.5, 0.6) is 0 Å². The molecule has 0 fully saturated rings. The minimum Gasteiger partial charge on any atom is -0.376 e. The highest BCUT2D eigenvalue weighted by molar-refractivity contribution is 5.39. The number of rotatable bonds is 3. The average Bonchev–Trinajstić information content (AvgIpc) is 2.29. The number of hydrogen-bond acceptors (Lipinski definition) is 4. The Bertz CT molecular complexity index is 334. The predicted molar refractivity (Wildman–Crippen MR) is 53.6 cm³/mol. The Morgan fingerprint density at radius 2 is 1.93 bits per heavy atom. The smallest absolute Gasteiger partial charge is 0.147 e. The first-order chi connectivity index (χ1) is 6.95. The summed E-state index contributed by atoms with van der Waals surface area (Å²) in [6.45, 7) is 0.618. The first-order valence-electron chi connectivity index (χ1n) is 4.35. The molecule has 14 heavy (non-hydrogen) atoms. The largest absolute Gasteiger partial charge is 0.376 e. The van der Waals surface area contributed by atoms with Crippen LogP contribution in [-0.4, -0.2) is 15.0 Å². The van der Waals surface area contributed by atoms with E-state index in [9.17, 15) is 0 Å². The molecule has 2 heterocycles. The van der Waals surface area contributed by atoms with Crippen molar-refractivity contribution in [2.24, 2.45) is 0 Å². The molecule has 0 spiro atoms. The van der Waals surface area contributed by atoms with Crippen molar-refractivity contribution in [3.63, 3.8) is 0 Å². The number of anilines is 1. The van der Waals surface area contributed by atoms with Crippen LogP contribution in [0.25, 0.3) is 0 Å². The van der Waals surface area contributed by atoms with Crippen molar-refractivity contribution < 1.29 is 0 Å². The first kappa shape index (κ1) is 8.62. The monoisotopic (exact) mass is 186 g/mol. The Labute approximate surface area is 82.1 Å². The van der Waals surface area contributed by atoms with Gasteiger partial charge in [-0.25, -0.2) is 9.97 Å². The minimum absolute atomic E-state index is 0.618. The summed E-state index contributed by atoms with van der Waals surface area (Å²) in [5, 5.41) is 3.17. The summed E-state index contributed by atoms with van der Waals surface area (Å²) in [5.41, 5.74) is 0.972. The highest BCUT2D eigenvalue weighted by Crippen LogP contribution is 2.03. The second kappa shape index (κ2) is 4.32. The van der Waals surface area contributed by atoms with Gasteiger partial charge >= 0.3 is 0 Å². The van der Waals surface area contributed by atoms with Gasteiger partial charge in [0.05, 0.1) is 12.2 Å². The van der Waals surface area contributed by atoms with Gasteiger partial charge in [0.1, 0.15) is 5.82 Å². The Kier molecular flexibility index (Phi) is 2.66. The number of nitrogens with zero attached hydrogens (tertiary/aromatic N) is 3. The molecule has 0 aliphatic rings. The van der Waals surface area contributed by atoms with E-state index in [0.717, 1.165) is 11.5 Å². The highest BCUT2D eigenvalue weighted by atomic mass is 15.0. The van der Waals surface area contributed by atoms with Gasteiger partial charge in [0.2, 0.25) is 0 Å². The maximum absolute atomic E-state index is 4.10. The third kappa shape index (κ3) is 2.26. The van der Waals surface area contributed by atoms with Crippen LogP contribution in [0.15, 0.2) is 43.0 Å². The lowest BCUT2D eigenvalue weighted by atomic mass is 10.4. The van der Waals surface area contributed by atoms with E-state index < -0.39 is 0 Å². The van der Waals surface area contributed by atoms with Crippen LogP contribution in [0.3, 0.4) is 0 Å². The summed E-state index contributed by atoms with van der Waals surface area (Å²) in [7, 11) is 0. The Balaban J connectivity index is 1.96. The van der Waals surface area contributed by atoms with E-state index in [2.05, 4.69) is 20.3 Å². The maximum Gasteiger partial charge on any atom is 0.147 e. The number of pyridine rings is 1. The molecule has 70 valence electrons. The topological polar surface area (TPSA) is 50.7 Å². The van der Waals surface area contributed by atoms with Gasteiger partial charge in [-0.05, 0) is 18.2 Å². The van der Waals surface area contributed by atoms with Gasteiger partial charge < -0.3 is 5.32 Å². The minimum atomic E-state index is 0.618. The number of nitrogens with one attached hydrogen (secondary N) is 1. The number of aromatic nitrogens is 3. The quantitative estimate of drug-likeness (QED) is 0.788. The molecule has 1 N–H and O–H groups in total. The molecular weight excluding hydrogens is 176 g/mol. The summed E-state index contributed by atoms with van der Waals surface area (Å²) in [4.78, 5) is 12.2. The molecule has 0 radical (unpaired) electrons. The SMILES string of the molecule is c1cnc(CNc2cccnc2)nc1. The van der Waals surface area contributed by atoms with Crippen LogP contribution in [0, 0.1) is 0 Å². The Hall–Kier alpha value is -1.97. The molecule has 0 unspecified atom stereocenters. The molecule has 0 amide bonds. The summed E-state index contributed by atoms with van der Waals surface area (Å²) in [6.07, 6.45) is 6.97. The second-order valence-corrected chi connectivity index (χ2v) is 2.76. The third-order valence-corrected chi connectivity index (χ3v) is 1.73. The predicted octanol–water partition coefficient (Wildman–Crippen LogP) is 1.48. The van der Waals surface area contributed by atoms with Crippen molar-refractivity contribution in [1.29, 1.82) is 0 Å². The van der Waals surface area contributed by atoms with E-state index in [1.54, 1.807) is 30.9 Å². The van der Waals surface area contributed by atoms with Gasteiger partial charge in [-0.2, -0.15) is 0 Å². The molecule has 0 saturated heterocycles. The van der Waals surface area contributed by atoms with Crippen molar-refractivity contribution in [1.82, 2.24) is 15.0 Å². The maximum atomic E-state index is 4.10. The summed E-state index contributed by atoms with van der Waals surface area (Å²) >= 11 is 0. The molecule has 2 rings (SSSR count). The fourth-order valence-electron chi connectivity index (χ4n) is 1.07. The molecule has 4 nitrogen and oxygen atoms in total. The Morgan fingerprint density at radius 1 is 1.07 bits per heavy atom. The van der Waals surface area contributed by atoms with Crippen LogP contribution >= 0.6 is 0 Å². The summed E-state index contributed by atoms with van der Waals surface area (Å²) in [5.74, 6) is 0.774. The first-order valence-corrected chi connectivity index (χ1v) is 4.35. The van der Waals surface area contributed by atoms with Crippen LogP contribution in [-0.2, 0) is 6.54 Å². The van der Waals surface area contributed by atoms with Gasteiger partial charge in [0.15, 0.2) is 0 Å². The summed E-state index contributed by atoms with van der Waals surface area (Å²) in [6, 6.07) is 5.64. The van der Waals surface area contributed by atoms with Crippen molar-refractivity contribution >= 4 is 5.69 Å². The van der Waals surface area contributed by atoms with Gasteiger partial charge in [-0.15, -0.1) is 0 Å². The van der Waals surface area contributed by atoms with Gasteiger partial charge in [-0.1, -0.05) is 0 Å². The van der Waals surface area contributed by atoms with E-state index >= 15 is 0 Å². The molecule has 0 aliphatic heterocycles. The van der Waals surface area contributed by atoms with Crippen LogP contribution in [0.2, 0.25) is 0 Å². The lowest BCUT2D eigenvalue weighted by Crippen LogP contribution is -2.03. The molecule has 0 saturated carbocycles. The standard InChI is InChI=1S/C10H10N4/c1-3-9(7-11-4-1)14-8-10-12-5-2-6-13-10/h1-7,14H,8H2. The molecule has 0 aliphatic carbocycles. The lowest BCUT2D eigenvalue weighted by molar-refractivity contribution is 0.947. The van der Waals surface area contributed by atoms with E-state index in [1.165, 1.54) is 0 Å². The third-order valence-electron chi connectivity index (χ3n) is 1.73. The molecule has 2 aromatic rings. The van der Waals surface area contributed by atoms with Crippen molar-refractivity contribution in [3.8, 4) is 0 Å². The van der Waals surface area contributed by atoms with Crippen molar-refractivity contribution in [2.75, 3.05) is 5.32 Å². The van der Waals surface area contributed by atoms with Crippen LogP contribution in [0.4, 0.5) is 5.69 Å². The molecule has 0 atom stereocenters. The summed E-state index contributed by atoms with van der Waals surface area (Å²) < 4.78 is 0. The number of hydrogen-bond donors (Lipinski definition) is 1. The Morgan fingerprint density at radius 3 is 2.64 bits per heavy atom. The average molecular weight is 186 g/mol. The van der Waals surface area contributed by atoms with Crippen molar-refractivity contribution in [3.05, 3.63) is 48.8 Å². The molecule has 0 bridgehead atoms. The zero-order valence-corrected chi connectivity index (χ0v) is 7.59. The van der Waals surface area contributed by atoms with E-state index in [1.807, 2.05) is 12.1 Å². The molecular formula is C10H10N4. The second-order valence-electron chi connectivity index (χ2n) is 2.76. The lowest BCUT2D eigenvalue weighted by Gasteiger charge is -2.03. The fraction of sp³-hybridized carbons (Fsp3) is 0.100. The zero-order valence-electron chi connectivity index (χ0n) is 7.59. The van der Waals surface area contributed by atoms with Crippen molar-refractivity contribution in [2.45, 2.75) is 6.54 Å².